The van der Waals surface area contributed by atoms with Gasteiger partial charge in [0.2, 0.25) is 0 Å². The number of nitrogens with one attached hydrogen (secondary N) is 2. The Balaban J connectivity index is 2.05. The van der Waals surface area contributed by atoms with Gasteiger partial charge in [-0.2, -0.15) is 0 Å². The van der Waals surface area contributed by atoms with Crippen molar-refractivity contribution in [3.8, 4) is 0 Å². The zero-order valence-corrected chi connectivity index (χ0v) is 15.4. The van der Waals surface area contributed by atoms with Crippen molar-refractivity contribution in [1.82, 2.24) is 4.98 Å². The highest BCUT2D eigenvalue weighted by Gasteiger charge is 2.16. The third kappa shape index (κ3) is 4.79. The molecule has 0 saturated carbocycles. The van der Waals surface area contributed by atoms with Crippen molar-refractivity contribution in [2.75, 3.05) is 17.2 Å². The zero-order valence-electron chi connectivity index (χ0n) is 14.6. The van der Waals surface area contributed by atoms with Gasteiger partial charge in [-0.05, 0) is 37.3 Å². The summed E-state index contributed by atoms with van der Waals surface area (Å²) in [5.41, 5.74) is 2.91. The molecule has 1 aromatic carbocycles. The number of aliphatic hydroxyl groups excluding tert-OH is 1. The molecule has 0 radical (unpaired) electrons. The molecule has 0 spiro atoms. The second-order valence-corrected chi connectivity index (χ2v) is 7.43. The van der Waals surface area contributed by atoms with Crippen LogP contribution in [-0.4, -0.2) is 28.6 Å². The molecule has 5 nitrogen and oxygen atoms in total. The summed E-state index contributed by atoms with van der Waals surface area (Å²) < 4.78 is 0. The lowest BCUT2D eigenvalue weighted by atomic mass is 10.1. The molecule has 3 N–H and O–H groups in total. The largest absolute Gasteiger partial charge is 0.394 e. The van der Waals surface area contributed by atoms with Gasteiger partial charge < -0.3 is 15.7 Å². The first-order valence-electron chi connectivity index (χ1n) is 8.11. The first kappa shape index (κ1) is 18.4. The number of rotatable bonds is 7. The average molecular weight is 347 g/mol. The number of benzene rings is 1. The van der Waals surface area contributed by atoms with E-state index in [-0.39, 0.29) is 18.6 Å². The Labute approximate surface area is 147 Å². The van der Waals surface area contributed by atoms with Crippen molar-refractivity contribution >= 4 is 28.1 Å². The van der Waals surface area contributed by atoms with E-state index in [0.717, 1.165) is 23.2 Å². The molecular formula is C18H25N3O2S. The molecule has 1 heterocycles. The van der Waals surface area contributed by atoms with Crippen molar-refractivity contribution in [3.63, 3.8) is 0 Å². The predicted molar refractivity (Wildman–Crippen MR) is 99.9 cm³/mol. The number of aliphatic hydroxyl groups is 1. The van der Waals surface area contributed by atoms with Gasteiger partial charge in [0, 0.05) is 5.69 Å². The maximum atomic E-state index is 12.4. The minimum absolute atomic E-state index is 0.0433. The summed E-state index contributed by atoms with van der Waals surface area (Å²) in [6.07, 6.45) is 2.42. The smallest absolute Gasteiger partial charge is 0.267 e. The van der Waals surface area contributed by atoms with E-state index in [0.29, 0.717) is 15.9 Å². The van der Waals surface area contributed by atoms with E-state index in [9.17, 15) is 9.90 Å². The number of nitrogens with zero attached hydrogens (tertiary/aromatic N) is 1. The van der Waals surface area contributed by atoms with Gasteiger partial charge in [0.05, 0.1) is 18.8 Å². The minimum Gasteiger partial charge on any atom is -0.394 e. The highest BCUT2D eigenvalue weighted by atomic mass is 32.1. The Bertz CT molecular complexity index is 677. The van der Waals surface area contributed by atoms with Gasteiger partial charge in [0.1, 0.15) is 4.88 Å². The Hall–Kier alpha value is -1.92. The number of para-hydroxylation sites is 1. The van der Waals surface area contributed by atoms with E-state index in [1.807, 2.05) is 32.0 Å². The molecule has 0 aliphatic heterocycles. The van der Waals surface area contributed by atoms with Crippen LogP contribution in [0.15, 0.2) is 24.4 Å². The summed E-state index contributed by atoms with van der Waals surface area (Å²) in [6.45, 7) is 8.20. The molecule has 1 amide bonds. The van der Waals surface area contributed by atoms with Crippen molar-refractivity contribution < 1.29 is 9.90 Å². The number of carbonyl (C=O) groups excluding carboxylic acids is 1. The summed E-state index contributed by atoms with van der Waals surface area (Å²) in [5.74, 6) is 0.309. The second-order valence-electron chi connectivity index (χ2n) is 6.40. The molecule has 0 aliphatic rings. The molecule has 2 rings (SSSR count). The lowest BCUT2D eigenvalue weighted by molar-refractivity contribution is 0.103. The monoisotopic (exact) mass is 347 g/mol. The lowest BCUT2D eigenvalue weighted by Crippen LogP contribution is -2.25. The van der Waals surface area contributed by atoms with E-state index in [2.05, 4.69) is 29.5 Å². The molecule has 0 fully saturated rings. The number of amides is 1. The number of thiazole rings is 1. The SMILES string of the molecule is Cc1cccc(C)c1NC(=O)c1cnc(N[C@@H](CO)CC(C)C)s1. The maximum absolute atomic E-state index is 12.4. The lowest BCUT2D eigenvalue weighted by Gasteiger charge is -2.17. The van der Waals surface area contributed by atoms with Gasteiger partial charge in [-0.25, -0.2) is 4.98 Å². The molecule has 2 aromatic rings. The fourth-order valence-corrected chi connectivity index (χ4v) is 3.34. The number of carbonyl (C=O) groups is 1. The normalized spacial score (nSPS) is 12.2. The van der Waals surface area contributed by atoms with Gasteiger partial charge in [0.25, 0.3) is 5.91 Å². The van der Waals surface area contributed by atoms with Gasteiger partial charge in [-0.3, -0.25) is 4.79 Å². The van der Waals surface area contributed by atoms with Crippen molar-refractivity contribution in [3.05, 3.63) is 40.4 Å². The molecule has 1 aromatic heterocycles. The summed E-state index contributed by atoms with van der Waals surface area (Å²) in [6, 6.07) is 5.87. The molecule has 1 atom stereocenters. The molecular weight excluding hydrogens is 322 g/mol. The van der Waals surface area contributed by atoms with Crippen molar-refractivity contribution in [2.24, 2.45) is 5.92 Å². The van der Waals surface area contributed by atoms with Crippen LogP contribution in [0.25, 0.3) is 0 Å². The summed E-state index contributed by atoms with van der Waals surface area (Å²) in [7, 11) is 0. The number of hydrogen-bond acceptors (Lipinski definition) is 5. The van der Waals surface area contributed by atoms with Crippen LogP contribution < -0.4 is 10.6 Å². The van der Waals surface area contributed by atoms with Crippen LogP contribution in [0.3, 0.4) is 0 Å². The molecule has 130 valence electrons. The minimum atomic E-state index is -0.164. The summed E-state index contributed by atoms with van der Waals surface area (Å²) in [4.78, 5) is 17.2. The molecule has 24 heavy (non-hydrogen) atoms. The molecule has 0 bridgehead atoms. The Morgan fingerprint density at radius 3 is 2.54 bits per heavy atom. The number of aromatic nitrogens is 1. The van der Waals surface area contributed by atoms with Gasteiger partial charge in [-0.1, -0.05) is 43.4 Å². The van der Waals surface area contributed by atoms with E-state index in [1.165, 1.54) is 11.3 Å². The van der Waals surface area contributed by atoms with Crippen molar-refractivity contribution in [2.45, 2.75) is 40.2 Å². The van der Waals surface area contributed by atoms with Gasteiger partial charge >= 0.3 is 0 Å². The van der Waals surface area contributed by atoms with Crippen LogP contribution >= 0.6 is 11.3 Å². The first-order chi connectivity index (χ1) is 11.4. The number of anilines is 2. The first-order valence-corrected chi connectivity index (χ1v) is 8.93. The van der Waals surface area contributed by atoms with Crippen LogP contribution in [0.2, 0.25) is 0 Å². The number of hydrogen-bond donors (Lipinski definition) is 3. The van der Waals surface area contributed by atoms with Gasteiger partial charge in [0.15, 0.2) is 5.13 Å². The van der Waals surface area contributed by atoms with E-state index in [1.54, 1.807) is 6.20 Å². The van der Waals surface area contributed by atoms with Crippen LogP contribution in [0, 0.1) is 19.8 Å². The quantitative estimate of drug-likeness (QED) is 0.711. The standard InChI is InChI=1S/C18H25N3O2S/c1-11(2)8-14(10-22)20-18-19-9-15(24-18)17(23)21-16-12(3)6-5-7-13(16)4/h5-7,9,11,14,22H,8,10H2,1-4H3,(H,19,20)(H,21,23)/t14-/m1/s1. The predicted octanol–water partition coefficient (Wildman–Crippen LogP) is 3.83. The molecule has 0 saturated heterocycles. The van der Waals surface area contributed by atoms with Crippen LogP contribution in [0.5, 0.6) is 0 Å². The zero-order chi connectivity index (χ0) is 17.7. The Morgan fingerprint density at radius 1 is 1.29 bits per heavy atom. The molecule has 6 heteroatoms. The molecule has 0 unspecified atom stereocenters. The Kier molecular flexibility index (Phi) is 6.34. The topological polar surface area (TPSA) is 74.2 Å². The molecule has 0 aliphatic carbocycles. The summed E-state index contributed by atoms with van der Waals surface area (Å²) >= 11 is 1.30. The third-order valence-electron chi connectivity index (χ3n) is 3.75. The van der Waals surface area contributed by atoms with E-state index >= 15 is 0 Å². The summed E-state index contributed by atoms with van der Waals surface area (Å²) in [5, 5.41) is 16.3. The second kappa shape index (κ2) is 8.26. The third-order valence-corrected chi connectivity index (χ3v) is 4.68. The fourth-order valence-electron chi connectivity index (χ4n) is 2.56. The fraction of sp³-hybridized carbons (Fsp3) is 0.444. The van der Waals surface area contributed by atoms with E-state index in [4.69, 9.17) is 0 Å². The van der Waals surface area contributed by atoms with Crippen molar-refractivity contribution in [1.29, 1.82) is 0 Å². The van der Waals surface area contributed by atoms with Crippen LogP contribution in [-0.2, 0) is 0 Å². The highest BCUT2D eigenvalue weighted by Crippen LogP contribution is 2.24. The highest BCUT2D eigenvalue weighted by molar-refractivity contribution is 7.17. The van der Waals surface area contributed by atoms with Crippen LogP contribution in [0.1, 0.15) is 41.1 Å². The van der Waals surface area contributed by atoms with Gasteiger partial charge in [-0.15, -0.1) is 0 Å². The average Bonchev–Trinajstić information content (AvgIpc) is 2.98. The van der Waals surface area contributed by atoms with Crippen LogP contribution in [0.4, 0.5) is 10.8 Å². The number of aryl methyl sites for hydroxylation is 2. The maximum Gasteiger partial charge on any atom is 0.267 e. The Morgan fingerprint density at radius 2 is 1.96 bits per heavy atom. The van der Waals surface area contributed by atoms with E-state index < -0.39 is 0 Å².